The summed E-state index contributed by atoms with van der Waals surface area (Å²) in [5.74, 6) is 0.0615. The molecule has 0 saturated carbocycles. The lowest BCUT2D eigenvalue weighted by molar-refractivity contribution is -0.121. The van der Waals surface area contributed by atoms with E-state index in [2.05, 4.69) is 15.4 Å². The van der Waals surface area contributed by atoms with Crippen molar-refractivity contribution in [3.8, 4) is 0 Å². The van der Waals surface area contributed by atoms with Crippen LogP contribution >= 0.6 is 11.3 Å². The Labute approximate surface area is 145 Å². The molecule has 0 aliphatic heterocycles. The molecule has 0 radical (unpaired) electrons. The van der Waals surface area contributed by atoms with Gasteiger partial charge in [0.25, 0.3) is 0 Å². The third kappa shape index (κ3) is 3.33. The minimum atomic E-state index is 0.0501. The lowest BCUT2D eigenvalue weighted by Crippen LogP contribution is -2.26. The Balaban J connectivity index is 1.70. The van der Waals surface area contributed by atoms with Crippen LogP contribution in [0.2, 0.25) is 0 Å². The van der Waals surface area contributed by atoms with Gasteiger partial charge in [0.1, 0.15) is 0 Å². The predicted molar refractivity (Wildman–Crippen MR) is 96.4 cm³/mol. The van der Waals surface area contributed by atoms with E-state index < -0.39 is 0 Å². The molecule has 6 heteroatoms. The van der Waals surface area contributed by atoms with E-state index in [0.717, 1.165) is 28.3 Å². The van der Waals surface area contributed by atoms with Gasteiger partial charge in [-0.2, -0.15) is 5.10 Å². The number of carbonyl (C=O) groups excluding carboxylic acids is 1. The number of nitrogens with zero attached hydrogens (tertiary/aromatic N) is 3. The largest absolute Gasteiger partial charge is 0.349 e. The van der Waals surface area contributed by atoms with Gasteiger partial charge >= 0.3 is 0 Å². The molecule has 0 saturated heterocycles. The highest BCUT2D eigenvalue weighted by Gasteiger charge is 2.14. The summed E-state index contributed by atoms with van der Waals surface area (Å²) in [6, 6.07) is 6.07. The fourth-order valence-corrected chi connectivity index (χ4v) is 3.70. The SMILES string of the molecule is Cc1cc2nc(C)c(CCC(=O)N[C@@H](C)c3cccs3)c(C)n2n1. The van der Waals surface area contributed by atoms with Gasteiger partial charge in [-0.25, -0.2) is 9.50 Å². The van der Waals surface area contributed by atoms with Gasteiger partial charge in [-0.3, -0.25) is 4.79 Å². The standard InChI is InChI=1S/C18H22N4OS/c1-11-10-17-19-12(2)15(14(4)22(17)21-11)7-8-18(23)20-13(3)16-6-5-9-24-16/h5-6,9-10,13H,7-8H2,1-4H3,(H,20,23)/t13-/m0/s1. The number of aryl methyl sites for hydroxylation is 3. The summed E-state index contributed by atoms with van der Waals surface area (Å²) in [6.07, 6.45) is 1.12. The molecular formula is C18H22N4OS. The molecule has 0 aliphatic carbocycles. The summed E-state index contributed by atoms with van der Waals surface area (Å²) in [4.78, 5) is 18.0. The van der Waals surface area contributed by atoms with Crippen LogP contribution in [0.1, 0.15) is 46.9 Å². The van der Waals surface area contributed by atoms with Crippen LogP contribution in [0, 0.1) is 20.8 Å². The van der Waals surface area contributed by atoms with Crippen molar-refractivity contribution in [1.29, 1.82) is 0 Å². The molecule has 0 fully saturated rings. The molecule has 1 amide bonds. The van der Waals surface area contributed by atoms with E-state index in [0.29, 0.717) is 12.8 Å². The minimum Gasteiger partial charge on any atom is -0.349 e. The van der Waals surface area contributed by atoms with E-state index >= 15 is 0 Å². The van der Waals surface area contributed by atoms with Gasteiger partial charge in [0.2, 0.25) is 5.91 Å². The van der Waals surface area contributed by atoms with Crippen LogP contribution < -0.4 is 5.32 Å². The number of amides is 1. The molecule has 0 aliphatic rings. The predicted octanol–water partition coefficient (Wildman–Crippen LogP) is 3.53. The molecule has 3 rings (SSSR count). The molecular weight excluding hydrogens is 320 g/mol. The molecule has 3 aromatic heterocycles. The summed E-state index contributed by atoms with van der Waals surface area (Å²) in [5, 5.41) is 9.57. The number of nitrogens with one attached hydrogen (secondary N) is 1. The summed E-state index contributed by atoms with van der Waals surface area (Å²) >= 11 is 1.66. The van der Waals surface area contributed by atoms with Gasteiger partial charge in [-0.05, 0) is 51.1 Å². The monoisotopic (exact) mass is 342 g/mol. The number of hydrogen-bond acceptors (Lipinski definition) is 4. The van der Waals surface area contributed by atoms with Crippen LogP contribution in [0.25, 0.3) is 5.65 Å². The molecule has 0 spiro atoms. The van der Waals surface area contributed by atoms with Crippen LogP contribution in [0.4, 0.5) is 0 Å². The van der Waals surface area contributed by atoms with Crippen LogP contribution in [0.15, 0.2) is 23.6 Å². The second-order valence-corrected chi connectivity index (χ2v) is 7.10. The fourth-order valence-electron chi connectivity index (χ4n) is 2.96. The van der Waals surface area contributed by atoms with Crippen molar-refractivity contribution in [2.24, 2.45) is 0 Å². The third-order valence-corrected chi connectivity index (χ3v) is 5.29. The zero-order chi connectivity index (χ0) is 17.3. The maximum absolute atomic E-state index is 12.3. The van der Waals surface area contributed by atoms with Crippen LogP contribution in [-0.2, 0) is 11.2 Å². The highest BCUT2D eigenvalue weighted by molar-refractivity contribution is 7.10. The third-order valence-electron chi connectivity index (χ3n) is 4.24. The zero-order valence-corrected chi connectivity index (χ0v) is 15.3. The van der Waals surface area contributed by atoms with E-state index in [1.165, 1.54) is 4.88 Å². The Bertz CT molecular complexity index is 867. The second kappa shape index (κ2) is 6.73. The van der Waals surface area contributed by atoms with Crippen molar-refractivity contribution in [1.82, 2.24) is 19.9 Å². The average molecular weight is 342 g/mol. The van der Waals surface area contributed by atoms with Gasteiger partial charge in [0, 0.05) is 28.8 Å². The Morgan fingerprint density at radius 3 is 2.88 bits per heavy atom. The van der Waals surface area contributed by atoms with Crippen LogP contribution in [0.3, 0.4) is 0 Å². The first-order valence-electron chi connectivity index (χ1n) is 8.11. The first kappa shape index (κ1) is 16.6. The highest BCUT2D eigenvalue weighted by Crippen LogP contribution is 2.19. The van der Waals surface area contributed by atoms with Crippen molar-refractivity contribution in [2.45, 2.75) is 46.6 Å². The van der Waals surface area contributed by atoms with Gasteiger partial charge < -0.3 is 5.32 Å². The van der Waals surface area contributed by atoms with Gasteiger partial charge in [0.05, 0.1) is 11.7 Å². The van der Waals surface area contributed by atoms with E-state index in [1.807, 2.05) is 55.8 Å². The zero-order valence-electron chi connectivity index (χ0n) is 14.5. The maximum Gasteiger partial charge on any atom is 0.220 e. The molecule has 3 aromatic rings. The molecule has 1 N–H and O–H groups in total. The van der Waals surface area contributed by atoms with Crippen molar-refractivity contribution in [2.75, 3.05) is 0 Å². The lowest BCUT2D eigenvalue weighted by Gasteiger charge is -2.14. The number of carbonyl (C=O) groups is 1. The Morgan fingerprint density at radius 1 is 1.38 bits per heavy atom. The highest BCUT2D eigenvalue weighted by atomic mass is 32.1. The first-order chi connectivity index (χ1) is 11.5. The van der Waals surface area contributed by atoms with Gasteiger partial charge in [-0.15, -0.1) is 11.3 Å². The van der Waals surface area contributed by atoms with E-state index in [9.17, 15) is 4.79 Å². The lowest BCUT2D eigenvalue weighted by atomic mass is 10.1. The maximum atomic E-state index is 12.3. The molecule has 3 heterocycles. The van der Waals surface area contributed by atoms with Crippen molar-refractivity contribution < 1.29 is 4.79 Å². The molecule has 0 aromatic carbocycles. The summed E-state index contributed by atoms with van der Waals surface area (Å²) in [5.41, 5.74) is 4.94. The minimum absolute atomic E-state index is 0.0501. The van der Waals surface area contributed by atoms with Crippen molar-refractivity contribution >= 4 is 22.9 Å². The molecule has 0 unspecified atom stereocenters. The summed E-state index contributed by atoms with van der Waals surface area (Å²) in [6.45, 7) is 8.01. The molecule has 24 heavy (non-hydrogen) atoms. The second-order valence-electron chi connectivity index (χ2n) is 6.12. The number of thiophene rings is 1. The topological polar surface area (TPSA) is 59.3 Å². The Kier molecular flexibility index (Phi) is 4.66. The number of rotatable bonds is 5. The Hall–Kier alpha value is -2.21. The quantitative estimate of drug-likeness (QED) is 0.772. The van der Waals surface area contributed by atoms with Crippen LogP contribution in [0.5, 0.6) is 0 Å². The molecule has 1 atom stereocenters. The molecule has 0 bridgehead atoms. The van der Waals surface area contributed by atoms with E-state index in [4.69, 9.17) is 0 Å². The number of aromatic nitrogens is 3. The van der Waals surface area contributed by atoms with E-state index in [1.54, 1.807) is 11.3 Å². The first-order valence-corrected chi connectivity index (χ1v) is 8.99. The normalized spacial score (nSPS) is 12.5. The molecule has 126 valence electrons. The summed E-state index contributed by atoms with van der Waals surface area (Å²) < 4.78 is 1.86. The van der Waals surface area contributed by atoms with E-state index in [-0.39, 0.29) is 11.9 Å². The fraction of sp³-hybridized carbons (Fsp3) is 0.389. The number of fused-ring (bicyclic) bond motifs is 1. The summed E-state index contributed by atoms with van der Waals surface area (Å²) in [7, 11) is 0. The Morgan fingerprint density at radius 2 is 2.17 bits per heavy atom. The van der Waals surface area contributed by atoms with Gasteiger partial charge in [-0.1, -0.05) is 6.07 Å². The number of hydrogen-bond donors (Lipinski definition) is 1. The van der Waals surface area contributed by atoms with Crippen LogP contribution in [-0.4, -0.2) is 20.5 Å². The smallest absolute Gasteiger partial charge is 0.220 e. The average Bonchev–Trinajstić information content (AvgIpc) is 3.16. The van der Waals surface area contributed by atoms with Crippen molar-refractivity contribution in [3.63, 3.8) is 0 Å². The molecule has 5 nitrogen and oxygen atoms in total. The van der Waals surface area contributed by atoms with Crippen molar-refractivity contribution in [3.05, 3.63) is 51.1 Å². The van der Waals surface area contributed by atoms with Gasteiger partial charge in [0.15, 0.2) is 5.65 Å².